The first-order chi connectivity index (χ1) is 11.4. The summed E-state index contributed by atoms with van der Waals surface area (Å²) in [6.45, 7) is 7.18. The van der Waals surface area contributed by atoms with Gasteiger partial charge in [0.2, 0.25) is 6.79 Å². The zero-order valence-electron chi connectivity index (χ0n) is 14.1. The van der Waals surface area contributed by atoms with Gasteiger partial charge in [-0.1, -0.05) is 6.07 Å². The summed E-state index contributed by atoms with van der Waals surface area (Å²) in [7, 11) is 0. The number of amides is 1. The van der Waals surface area contributed by atoms with E-state index in [0.29, 0.717) is 34.0 Å². The number of aromatic nitrogens is 1. The van der Waals surface area contributed by atoms with Gasteiger partial charge in [0.05, 0.1) is 6.04 Å². The molecule has 0 saturated carbocycles. The van der Waals surface area contributed by atoms with E-state index in [0.717, 1.165) is 5.56 Å². The predicted octanol–water partition coefficient (Wildman–Crippen LogP) is 3.05. The normalized spacial score (nSPS) is 13.7. The van der Waals surface area contributed by atoms with Crippen molar-refractivity contribution in [3.8, 4) is 11.5 Å². The number of H-pyrrole nitrogens is 1. The van der Waals surface area contributed by atoms with Gasteiger partial charge in [0.25, 0.3) is 5.91 Å². The molecule has 2 aromatic rings. The summed E-state index contributed by atoms with van der Waals surface area (Å²) in [6, 6.07) is 5.38. The third kappa shape index (κ3) is 2.75. The summed E-state index contributed by atoms with van der Waals surface area (Å²) in [6.07, 6.45) is 0. The van der Waals surface area contributed by atoms with E-state index in [1.165, 1.54) is 6.92 Å². The fraction of sp³-hybridized carbons (Fsp3) is 0.333. The lowest BCUT2D eigenvalue weighted by Gasteiger charge is -2.14. The van der Waals surface area contributed by atoms with Crippen LogP contribution in [0.3, 0.4) is 0 Å². The minimum Gasteiger partial charge on any atom is -0.454 e. The lowest BCUT2D eigenvalue weighted by atomic mass is 10.1. The molecule has 1 aromatic heterocycles. The van der Waals surface area contributed by atoms with E-state index < -0.39 is 0 Å². The van der Waals surface area contributed by atoms with Crippen LogP contribution in [0.2, 0.25) is 0 Å². The van der Waals surface area contributed by atoms with Crippen molar-refractivity contribution in [2.75, 3.05) is 6.79 Å². The van der Waals surface area contributed by atoms with Crippen molar-refractivity contribution in [1.29, 1.82) is 0 Å². The number of carbonyl (C=O) groups excluding carboxylic acids is 2. The second-order valence-electron chi connectivity index (χ2n) is 5.99. The van der Waals surface area contributed by atoms with Crippen LogP contribution in [-0.4, -0.2) is 23.5 Å². The molecule has 0 radical (unpaired) electrons. The number of hydrogen-bond acceptors (Lipinski definition) is 4. The first-order valence-electron chi connectivity index (χ1n) is 7.79. The zero-order valence-corrected chi connectivity index (χ0v) is 14.1. The molecule has 1 aliphatic heterocycles. The Morgan fingerprint density at radius 3 is 2.58 bits per heavy atom. The van der Waals surface area contributed by atoms with Crippen molar-refractivity contribution >= 4 is 11.7 Å². The minimum absolute atomic E-state index is 0.0517. The third-order valence-corrected chi connectivity index (χ3v) is 4.26. The maximum Gasteiger partial charge on any atom is 0.268 e. The van der Waals surface area contributed by atoms with Crippen LogP contribution in [0, 0.1) is 13.8 Å². The second-order valence-corrected chi connectivity index (χ2v) is 5.99. The Morgan fingerprint density at radius 2 is 1.92 bits per heavy atom. The number of carbonyl (C=O) groups is 2. The van der Waals surface area contributed by atoms with Crippen molar-refractivity contribution < 1.29 is 19.1 Å². The average molecular weight is 328 g/mol. The molecule has 3 rings (SSSR count). The number of aromatic amines is 1. The molecule has 0 fully saturated rings. The number of fused-ring (bicyclic) bond motifs is 1. The predicted molar refractivity (Wildman–Crippen MR) is 88.7 cm³/mol. The number of ketones is 1. The van der Waals surface area contributed by atoms with Crippen molar-refractivity contribution in [2.24, 2.45) is 0 Å². The molecule has 24 heavy (non-hydrogen) atoms. The van der Waals surface area contributed by atoms with Crippen LogP contribution < -0.4 is 14.8 Å². The van der Waals surface area contributed by atoms with Gasteiger partial charge >= 0.3 is 0 Å². The summed E-state index contributed by atoms with van der Waals surface area (Å²) < 4.78 is 10.7. The van der Waals surface area contributed by atoms with Gasteiger partial charge in [0.15, 0.2) is 17.3 Å². The van der Waals surface area contributed by atoms with Gasteiger partial charge in [0, 0.05) is 11.3 Å². The van der Waals surface area contributed by atoms with E-state index in [1.807, 2.05) is 25.1 Å². The molecule has 1 amide bonds. The smallest absolute Gasteiger partial charge is 0.268 e. The number of rotatable bonds is 4. The van der Waals surface area contributed by atoms with E-state index >= 15 is 0 Å². The molecular weight excluding hydrogens is 308 g/mol. The molecule has 2 N–H and O–H groups in total. The Hall–Kier alpha value is -2.76. The molecule has 1 aliphatic rings. The van der Waals surface area contributed by atoms with Gasteiger partial charge in [-0.2, -0.15) is 0 Å². The van der Waals surface area contributed by atoms with Gasteiger partial charge in [0.1, 0.15) is 5.69 Å². The van der Waals surface area contributed by atoms with E-state index in [4.69, 9.17) is 9.47 Å². The Labute approximate surface area is 140 Å². The Balaban J connectivity index is 1.80. The molecule has 0 aliphatic carbocycles. The topological polar surface area (TPSA) is 80.4 Å². The average Bonchev–Trinajstić information content (AvgIpc) is 3.10. The highest BCUT2D eigenvalue weighted by atomic mass is 16.7. The largest absolute Gasteiger partial charge is 0.454 e. The molecule has 0 spiro atoms. The SMILES string of the molecule is CC(=O)c1c(C)[nH]c(C(=O)NC(C)c2ccc3c(c2)OCO3)c1C. The first-order valence-corrected chi connectivity index (χ1v) is 7.79. The fourth-order valence-corrected chi connectivity index (χ4v) is 3.04. The summed E-state index contributed by atoms with van der Waals surface area (Å²) >= 11 is 0. The Morgan fingerprint density at radius 1 is 1.21 bits per heavy atom. The Kier molecular flexibility index (Phi) is 4.05. The summed E-state index contributed by atoms with van der Waals surface area (Å²) in [5.74, 6) is 1.09. The highest BCUT2D eigenvalue weighted by molar-refractivity contribution is 6.02. The lowest BCUT2D eigenvalue weighted by molar-refractivity contribution is 0.0934. The number of nitrogens with one attached hydrogen (secondary N) is 2. The molecule has 0 saturated heterocycles. The van der Waals surface area contributed by atoms with E-state index in [1.54, 1.807) is 13.8 Å². The molecule has 1 aromatic carbocycles. The highest BCUT2D eigenvalue weighted by Gasteiger charge is 2.22. The van der Waals surface area contributed by atoms with Crippen LogP contribution in [0.4, 0.5) is 0 Å². The van der Waals surface area contributed by atoms with Crippen molar-refractivity contribution in [1.82, 2.24) is 10.3 Å². The van der Waals surface area contributed by atoms with Gasteiger partial charge in [-0.15, -0.1) is 0 Å². The second kappa shape index (κ2) is 6.03. The van der Waals surface area contributed by atoms with Crippen molar-refractivity contribution in [3.05, 3.63) is 46.3 Å². The number of ether oxygens (including phenoxy) is 2. The molecular formula is C18H20N2O4. The third-order valence-electron chi connectivity index (χ3n) is 4.26. The highest BCUT2D eigenvalue weighted by Crippen LogP contribution is 2.34. The lowest BCUT2D eigenvalue weighted by Crippen LogP contribution is -2.27. The van der Waals surface area contributed by atoms with E-state index in [-0.39, 0.29) is 24.5 Å². The molecule has 0 bridgehead atoms. The molecule has 6 nitrogen and oxygen atoms in total. The number of aryl methyl sites for hydroxylation is 1. The fourth-order valence-electron chi connectivity index (χ4n) is 3.04. The summed E-state index contributed by atoms with van der Waals surface area (Å²) in [4.78, 5) is 27.3. The monoisotopic (exact) mass is 328 g/mol. The molecule has 6 heteroatoms. The summed E-state index contributed by atoms with van der Waals surface area (Å²) in [5, 5.41) is 2.95. The number of benzene rings is 1. The molecule has 1 atom stereocenters. The van der Waals surface area contributed by atoms with Crippen LogP contribution in [0.1, 0.15) is 57.6 Å². The molecule has 126 valence electrons. The van der Waals surface area contributed by atoms with Crippen molar-refractivity contribution in [3.63, 3.8) is 0 Å². The maximum atomic E-state index is 12.6. The zero-order chi connectivity index (χ0) is 17.4. The van der Waals surface area contributed by atoms with E-state index in [9.17, 15) is 9.59 Å². The standard InChI is InChI=1S/C18H20N2O4/c1-9-16(12(4)21)11(3)19-17(9)18(22)20-10(2)13-5-6-14-15(7-13)24-8-23-14/h5-7,10,19H,8H2,1-4H3,(H,20,22). The van der Waals surface area contributed by atoms with Gasteiger partial charge in [-0.25, -0.2) is 0 Å². The van der Waals surface area contributed by atoms with Crippen LogP contribution >= 0.6 is 0 Å². The number of hydrogen-bond donors (Lipinski definition) is 2. The van der Waals surface area contributed by atoms with Gasteiger partial charge in [-0.05, 0) is 51.0 Å². The van der Waals surface area contributed by atoms with Crippen LogP contribution in [0.5, 0.6) is 11.5 Å². The quantitative estimate of drug-likeness (QED) is 0.845. The molecule has 1 unspecified atom stereocenters. The van der Waals surface area contributed by atoms with E-state index in [2.05, 4.69) is 10.3 Å². The maximum absolute atomic E-state index is 12.6. The van der Waals surface area contributed by atoms with Crippen LogP contribution in [0.15, 0.2) is 18.2 Å². The van der Waals surface area contributed by atoms with Crippen LogP contribution in [-0.2, 0) is 0 Å². The van der Waals surface area contributed by atoms with Gasteiger partial charge < -0.3 is 19.8 Å². The van der Waals surface area contributed by atoms with Crippen molar-refractivity contribution in [2.45, 2.75) is 33.7 Å². The van der Waals surface area contributed by atoms with Crippen LogP contribution in [0.25, 0.3) is 0 Å². The minimum atomic E-state index is -0.242. The Bertz CT molecular complexity index is 823. The number of Topliss-reactive ketones (excluding diaryl/α,β-unsaturated/α-hetero) is 1. The molecule has 2 heterocycles. The van der Waals surface area contributed by atoms with Gasteiger partial charge in [-0.3, -0.25) is 9.59 Å². The summed E-state index contributed by atoms with van der Waals surface area (Å²) in [5.41, 5.74) is 3.30. The first kappa shape index (κ1) is 16.1.